The molecule has 0 spiro atoms. The maximum absolute atomic E-state index is 4.38. The molecule has 2 saturated heterocycles. The van der Waals surface area contributed by atoms with Gasteiger partial charge in [-0.25, -0.2) is 0 Å². The van der Waals surface area contributed by atoms with Crippen LogP contribution in [0.25, 0.3) is 0 Å². The van der Waals surface area contributed by atoms with Gasteiger partial charge in [0.25, 0.3) is 0 Å². The van der Waals surface area contributed by atoms with Gasteiger partial charge in [-0.2, -0.15) is 12.6 Å². The molecule has 2 unspecified atom stereocenters. The summed E-state index contributed by atoms with van der Waals surface area (Å²) in [7, 11) is 2.29. The highest BCUT2D eigenvalue weighted by atomic mass is 32.1. The smallest absolute Gasteiger partial charge is 0.00986 e. The Labute approximate surface area is 74.6 Å². The van der Waals surface area contributed by atoms with Gasteiger partial charge in [-0.05, 0) is 44.4 Å². The summed E-state index contributed by atoms with van der Waals surface area (Å²) in [5.74, 6) is 2.01. The lowest BCUT2D eigenvalue weighted by Gasteiger charge is -2.35. The number of hydrogen-bond donors (Lipinski definition) is 1. The van der Waals surface area contributed by atoms with Crippen molar-refractivity contribution in [2.45, 2.75) is 37.8 Å². The first-order valence-electron chi connectivity index (χ1n) is 4.64. The summed E-state index contributed by atoms with van der Waals surface area (Å²) in [6, 6.07) is 1.79. The SMILES string of the molecule is CN1C2CCC1CC(CS)C2. The lowest BCUT2D eigenvalue weighted by atomic mass is 9.93. The van der Waals surface area contributed by atoms with Gasteiger partial charge in [0.1, 0.15) is 0 Å². The summed E-state index contributed by atoms with van der Waals surface area (Å²) in [4.78, 5) is 2.58. The largest absolute Gasteiger partial charge is 0.300 e. The van der Waals surface area contributed by atoms with E-state index in [4.69, 9.17) is 0 Å². The highest BCUT2D eigenvalue weighted by Gasteiger charge is 2.37. The molecule has 0 aromatic heterocycles. The number of rotatable bonds is 1. The molecule has 2 atom stereocenters. The van der Waals surface area contributed by atoms with Gasteiger partial charge in [-0.3, -0.25) is 0 Å². The van der Waals surface area contributed by atoms with Crippen molar-refractivity contribution in [3.05, 3.63) is 0 Å². The first-order valence-corrected chi connectivity index (χ1v) is 5.27. The van der Waals surface area contributed by atoms with Crippen LogP contribution in [0.5, 0.6) is 0 Å². The predicted molar refractivity (Wildman–Crippen MR) is 51.2 cm³/mol. The van der Waals surface area contributed by atoms with Crippen LogP contribution in [0.1, 0.15) is 25.7 Å². The fourth-order valence-corrected chi connectivity index (χ4v) is 2.97. The molecular formula is C9H17NS. The standard InChI is InChI=1S/C9H17NS/c1-10-8-2-3-9(10)5-7(4-8)6-11/h7-9,11H,2-6H2,1H3. The zero-order chi connectivity index (χ0) is 7.84. The van der Waals surface area contributed by atoms with Gasteiger partial charge in [0, 0.05) is 12.1 Å². The zero-order valence-electron chi connectivity index (χ0n) is 7.16. The van der Waals surface area contributed by atoms with Crippen molar-refractivity contribution < 1.29 is 0 Å². The average molecular weight is 171 g/mol. The summed E-state index contributed by atoms with van der Waals surface area (Å²) >= 11 is 4.38. The minimum absolute atomic E-state index is 0.894. The van der Waals surface area contributed by atoms with Gasteiger partial charge < -0.3 is 4.90 Å². The van der Waals surface area contributed by atoms with Crippen LogP contribution in [-0.4, -0.2) is 29.8 Å². The first kappa shape index (κ1) is 7.93. The Morgan fingerprint density at radius 2 is 1.82 bits per heavy atom. The second-order valence-electron chi connectivity index (χ2n) is 4.07. The summed E-state index contributed by atoms with van der Waals surface area (Å²) in [6.45, 7) is 0. The third kappa shape index (κ3) is 1.31. The third-order valence-electron chi connectivity index (χ3n) is 3.45. The molecule has 0 saturated carbocycles. The Balaban J connectivity index is 2.02. The molecule has 0 aliphatic carbocycles. The van der Waals surface area contributed by atoms with Gasteiger partial charge in [0.15, 0.2) is 0 Å². The van der Waals surface area contributed by atoms with Crippen molar-refractivity contribution >= 4 is 12.6 Å². The minimum Gasteiger partial charge on any atom is -0.300 e. The summed E-state index contributed by atoms with van der Waals surface area (Å²) < 4.78 is 0. The second kappa shape index (κ2) is 2.98. The van der Waals surface area contributed by atoms with Crippen LogP contribution in [0.3, 0.4) is 0 Å². The van der Waals surface area contributed by atoms with Crippen LogP contribution < -0.4 is 0 Å². The summed E-state index contributed by atoms with van der Waals surface area (Å²) in [5, 5.41) is 0. The molecule has 11 heavy (non-hydrogen) atoms. The van der Waals surface area contributed by atoms with Gasteiger partial charge in [-0.1, -0.05) is 0 Å². The normalized spacial score (nSPS) is 44.7. The van der Waals surface area contributed by atoms with E-state index >= 15 is 0 Å². The van der Waals surface area contributed by atoms with Gasteiger partial charge >= 0.3 is 0 Å². The molecule has 0 N–H and O–H groups in total. The highest BCUT2D eigenvalue weighted by Crippen LogP contribution is 2.37. The van der Waals surface area contributed by atoms with E-state index in [1.165, 1.54) is 25.7 Å². The molecule has 2 heteroatoms. The molecule has 2 heterocycles. The molecule has 1 nitrogen and oxygen atoms in total. The van der Waals surface area contributed by atoms with E-state index in [1.807, 2.05) is 0 Å². The zero-order valence-corrected chi connectivity index (χ0v) is 8.06. The molecule has 0 aromatic rings. The maximum Gasteiger partial charge on any atom is 0.00986 e. The molecule has 0 radical (unpaired) electrons. The monoisotopic (exact) mass is 171 g/mol. The fraction of sp³-hybridized carbons (Fsp3) is 1.00. The molecule has 2 bridgehead atoms. The van der Waals surface area contributed by atoms with E-state index in [-0.39, 0.29) is 0 Å². The van der Waals surface area contributed by atoms with E-state index in [0.717, 1.165) is 23.8 Å². The maximum atomic E-state index is 4.38. The van der Waals surface area contributed by atoms with Gasteiger partial charge in [0.2, 0.25) is 0 Å². The highest BCUT2D eigenvalue weighted by molar-refractivity contribution is 7.80. The molecule has 0 aromatic carbocycles. The topological polar surface area (TPSA) is 3.24 Å². The Morgan fingerprint density at radius 1 is 1.27 bits per heavy atom. The summed E-state index contributed by atoms with van der Waals surface area (Å²) in [6.07, 6.45) is 5.67. The third-order valence-corrected chi connectivity index (χ3v) is 3.97. The Bertz CT molecular complexity index is 134. The molecule has 0 amide bonds. The number of nitrogens with zero attached hydrogens (tertiary/aromatic N) is 1. The van der Waals surface area contributed by atoms with E-state index < -0.39 is 0 Å². The van der Waals surface area contributed by atoms with Crippen molar-refractivity contribution in [2.75, 3.05) is 12.8 Å². The van der Waals surface area contributed by atoms with Gasteiger partial charge in [0.05, 0.1) is 0 Å². The van der Waals surface area contributed by atoms with E-state index in [0.29, 0.717) is 0 Å². The number of thiol groups is 1. The predicted octanol–water partition coefficient (Wildman–Crippen LogP) is 1.79. The molecule has 2 aliphatic rings. The van der Waals surface area contributed by atoms with Crippen LogP contribution in [-0.2, 0) is 0 Å². The molecule has 2 rings (SSSR count). The van der Waals surface area contributed by atoms with Crippen molar-refractivity contribution in [2.24, 2.45) is 5.92 Å². The van der Waals surface area contributed by atoms with Crippen molar-refractivity contribution in [3.63, 3.8) is 0 Å². The van der Waals surface area contributed by atoms with Gasteiger partial charge in [-0.15, -0.1) is 0 Å². The molecular weight excluding hydrogens is 154 g/mol. The van der Waals surface area contributed by atoms with Crippen LogP contribution in [0.4, 0.5) is 0 Å². The number of piperidine rings is 1. The molecule has 2 fully saturated rings. The number of hydrogen-bond acceptors (Lipinski definition) is 2. The van der Waals surface area contributed by atoms with Crippen molar-refractivity contribution in [1.82, 2.24) is 4.90 Å². The lowest BCUT2D eigenvalue weighted by molar-refractivity contribution is 0.144. The van der Waals surface area contributed by atoms with E-state index in [1.54, 1.807) is 0 Å². The summed E-state index contributed by atoms with van der Waals surface area (Å²) in [5.41, 5.74) is 0. The van der Waals surface area contributed by atoms with Crippen LogP contribution >= 0.6 is 12.6 Å². The van der Waals surface area contributed by atoms with Crippen LogP contribution in [0.15, 0.2) is 0 Å². The lowest BCUT2D eigenvalue weighted by Crippen LogP contribution is -2.40. The number of fused-ring (bicyclic) bond motifs is 2. The van der Waals surface area contributed by atoms with Crippen LogP contribution in [0.2, 0.25) is 0 Å². The Hall–Kier alpha value is 0.310. The van der Waals surface area contributed by atoms with Crippen molar-refractivity contribution in [3.8, 4) is 0 Å². The molecule has 64 valence electrons. The van der Waals surface area contributed by atoms with E-state index in [2.05, 4.69) is 24.6 Å². The average Bonchev–Trinajstić information content (AvgIpc) is 2.26. The minimum atomic E-state index is 0.894. The van der Waals surface area contributed by atoms with Crippen LogP contribution in [0, 0.1) is 5.92 Å². The Morgan fingerprint density at radius 3 is 2.27 bits per heavy atom. The second-order valence-corrected chi connectivity index (χ2v) is 4.44. The first-order chi connectivity index (χ1) is 5.31. The molecule has 2 aliphatic heterocycles. The van der Waals surface area contributed by atoms with Crippen molar-refractivity contribution in [1.29, 1.82) is 0 Å². The fourth-order valence-electron chi connectivity index (χ4n) is 2.67. The Kier molecular flexibility index (Phi) is 2.15. The quantitative estimate of drug-likeness (QED) is 0.589. The van der Waals surface area contributed by atoms with E-state index in [9.17, 15) is 0 Å².